The minimum atomic E-state index is -4.53. The Morgan fingerprint density at radius 3 is 2.52 bits per heavy atom. The van der Waals surface area contributed by atoms with E-state index in [2.05, 4.69) is 22.3 Å². The van der Waals surface area contributed by atoms with Crippen molar-refractivity contribution >= 4 is 17.5 Å². The number of piperidine rings is 2. The van der Waals surface area contributed by atoms with Crippen LogP contribution in [0.2, 0.25) is 5.02 Å². The first-order valence-electron chi connectivity index (χ1n) is 10.8. The number of rotatable bonds is 4. The van der Waals surface area contributed by atoms with Gasteiger partial charge in [0.05, 0.1) is 16.1 Å². The van der Waals surface area contributed by atoms with Crippen LogP contribution in [0.4, 0.5) is 13.2 Å². The van der Waals surface area contributed by atoms with Gasteiger partial charge in [-0.2, -0.15) is 13.2 Å². The molecule has 0 aromatic heterocycles. The molecule has 0 bridgehead atoms. The number of amides is 1. The lowest BCUT2D eigenvalue weighted by atomic mass is 9.86. The second-order valence-electron chi connectivity index (χ2n) is 8.45. The van der Waals surface area contributed by atoms with Crippen molar-refractivity contribution in [3.63, 3.8) is 0 Å². The van der Waals surface area contributed by atoms with E-state index in [0.717, 1.165) is 30.3 Å². The first kappa shape index (κ1) is 22.2. The van der Waals surface area contributed by atoms with Gasteiger partial charge >= 0.3 is 6.18 Å². The summed E-state index contributed by atoms with van der Waals surface area (Å²) in [5, 5.41) is 2.67. The minimum absolute atomic E-state index is 0.00534. The maximum Gasteiger partial charge on any atom is 0.416 e. The number of alkyl halides is 3. The molecule has 0 saturated carbocycles. The molecule has 7 heteroatoms. The number of nitrogens with one attached hydrogen (secondary N) is 1. The zero-order valence-corrected chi connectivity index (χ0v) is 18.0. The van der Waals surface area contributed by atoms with E-state index in [-0.39, 0.29) is 17.1 Å². The van der Waals surface area contributed by atoms with Crippen molar-refractivity contribution in [1.29, 1.82) is 0 Å². The van der Waals surface area contributed by atoms with Crippen molar-refractivity contribution in [3.05, 3.63) is 69.7 Å². The summed E-state index contributed by atoms with van der Waals surface area (Å²) >= 11 is 5.95. The molecule has 31 heavy (non-hydrogen) atoms. The van der Waals surface area contributed by atoms with Crippen molar-refractivity contribution in [2.45, 2.75) is 63.3 Å². The second-order valence-corrected chi connectivity index (χ2v) is 8.86. The molecule has 2 heterocycles. The Labute approximate surface area is 185 Å². The second kappa shape index (κ2) is 9.21. The van der Waals surface area contributed by atoms with Gasteiger partial charge < -0.3 is 5.32 Å². The van der Waals surface area contributed by atoms with E-state index in [1.807, 2.05) is 12.1 Å². The van der Waals surface area contributed by atoms with Crippen LogP contribution in [-0.2, 0) is 12.7 Å². The van der Waals surface area contributed by atoms with Crippen LogP contribution in [0.1, 0.15) is 71.6 Å². The molecule has 2 aromatic rings. The molecule has 166 valence electrons. The Balaban J connectivity index is 1.40. The van der Waals surface area contributed by atoms with Crippen molar-refractivity contribution < 1.29 is 18.0 Å². The van der Waals surface area contributed by atoms with Crippen molar-refractivity contribution in [2.75, 3.05) is 6.54 Å². The maximum atomic E-state index is 12.9. The van der Waals surface area contributed by atoms with Crippen LogP contribution in [0, 0.1) is 0 Å². The van der Waals surface area contributed by atoms with E-state index in [1.165, 1.54) is 44.1 Å². The molecule has 1 N–H and O–H groups in total. The van der Waals surface area contributed by atoms with Crippen LogP contribution in [-0.4, -0.2) is 23.4 Å². The molecule has 0 aliphatic carbocycles. The highest BCUT2D eigenvalue weighted by atomic mass is 35.5. The highest BCUT2D eigenvalue weighted by Gasteiger charge is 2.33. The number of hydrogen-bond acceptors (Lipinski definition) is 2. The summed E-state index contributed by atoms with van der Waals surface area (Å²) in [7, 11) is 0. The molecule has 0 spiro atoms. The summed E-state index contributed by atoms with van der Waals surface area (Å²) in [4.78, 5) is 15.1. The van der Waals surface area contributed by atoms with Gasteiger partial charge in [0.1, 0.15) is 0 Å². The van der Waals surface area contributed by atoms with E-state index < -0.39 is 17.6 Å². The molecule has 3 nitrogen and oxygen atoms in total. The molecular weight excluding hydrogens is 425 g/mol. The molecule has 1 amide bonds. The van der Waals surface area contributed by atoms with E-state index >= 15 is 0 Å². The molecule has 2 saturated heterocycles. The van der Waals surface area contributed by atoms with Crippen molar-refractivity contribution in [2.24, 2.45) is 0 Å². The predicted molar refractivity (Wildman–Crippen MR) is 115 cm³/mol. The smallest absolute Gasteiger partial charge is 0.348 e. The summed E-state index contributed by atoms with van der Waals surface area (Å²) in [6.45, 7) is 1.38. The maximum absolute atomic E-state index is 12.9. The Morgan fingerprint density at radius 1 is 1.03 bits per heavy atom. The molecule has 2 aliphatic rings. The number of benzene rings is 2. The third-order valence-electron chi connectivity index (χ3n) is 6.44. The van der Waals surface area contributed by atoms with E-state index in [4.69, 9.17) is 11.6 Å². The van der Waals surface area contributed by atoms with Crippen LogP contribution in [0.5, 0.6) is 0 Å². The van der Waals surface area contributed by atoms with Gasteiger partial charge in [-0.3, -0.25) is 9.69 Å². The zero-order valence-electron chi connectivity index (χ0n) is 17.2. The first-order chi connectivity index (χ1) is 14.8. The van der Waals surface area contributed by atoms with Crippen LogP contribution in [0.25, 0.3) is 0 Å². The highest BCUT2D eigenvalue weighted by molar-refractivity contribution is 6.33. The number of carbonyl (C=O) groups excluding carboxylic acids is 1. The van der Waals surface area contributed by atoms with Crippen LogP contribution in [0.3, 0.4) is 0 Å². The third kappa shape index (κ3) is 5.07. The number of carbonyl (C=O) groups is 1. The Morgan fingerprint density at radius 2 is 1.77 bits per heavy atom. The Bertz CT molecular complexity index is 927. The molecular formula is C24H26ClF3N2O. The van der Waals surface area contributed by atoms with Gasteiger partial charge in [-0.25, -0.2) is 0 Å². The van der Waals surface area contributed by atoms with Gasteiger partial charge in [0.2, 0.25) is 0 Å². The summed E-state index contributed by atoms with van der Waals surface area (Å²) < 4.78 is 38.8. The van der Waals surface area contributed by atoms with E-state index in [1.54, 1.807) is 0 Å². The summed E-state index contributed by atoms with van der Waals surface area (Å²) in [5.74, 6) is -0.622. The van der Waals surface area contributed by atoms with Gasteiger partial charge in [0.15, 0.2) is 0 Å². The molecule has 2 fully saturated rings. The molecule has 2 unspecified atom stereocenters. The number of fused-ring (bicyclic) bond motifs is 1. The fourth-order valence-electron chi connectivity index (χ4n) is 4.82. The number of nitrogens with zero attached hydrogens (tertiary/aromatic N) is 1. The van der Waals surface area contributed by atoms with Gasteiger partial charge in [-0.05, 0) is 68.0 Å². The lowest BCUT2D eigenvalue weighted by Crippen LogP contribution is -2.44. The van der Waals surface area contributed by atoms with E-state index in [9.17, 15) is 18.0 Å². The SMILES string of the molecule is O=C(NCc1ccc(C2CCCC3CCCCN32)cc1)c1cc(C(F)(F)F)ccc1Cl. The standard InChI is InChI=1S/C24H26ClF3N2O/c25-21-12-11-18(24(26,27)28)14-20(21)23(31)29-15-16-7-9-17(10-8-16)22-6-3-5-19-4-1-2-13-30(19)22/h7-12,14,19,22H,1-6,13,15H2,(H,29,31). The molecule has 4 rings (SSSR count). The van der Waals surface area contributed by atoms with Gasteiger partial charge in [-0.15, -0.1) is 0 Å². The fraction of sp³-hybridized carbons (Fsp3) is 0.458. The van der Waals surface area contributed by atoms with Crippen molar-refractivity contribution in [3.8, 4) is 0 Å². The van der Waals surface area contributed by atoms with Crippen LogP contribution < -0.4 is 5.32 Å². The monoisotopic (exact) mass is 450 g/mol. The fourth-order valence-corrected chi connectivity index (χ4v) is 5.03. The van der Waals surface area contributed by atoms with Gasteiger partial charge in [0.25, 0.3) is 5.91 Å². The van der Waals surface area contributed by atoms with Crippen LogP contribution >= 0.6 is 11.6 Å². The zero-order chi connectivity index (χ0) is 22.0. The number of halogens is 4. The minimum Gasteiger partial charge on any atom is -0.348 e. The first-order valence-corrected chi connectivity index (χ1v) is 11.2. The summed E-state index contributed by atoms with van der Waals surface area (Å²) in [6, 6.07) is 12.1. The normalized spacial score (nSPS) is 22.1. The summed E-state index contributed by atoms with van der Waals surface area (Å²) in [5.41, 5.74) is 1.12. The van der Waals surface area contributed by atoms with E-state index in [0.29, 0.717) is 12.1 Å². The lowest BCUT2D eigenvalue weighted by Gasteiger charge is -2.45. The largest absolute Gasteiger partial charge is 0.416 e. The predicted octanol–water partition coefficient (Wildman–Crippen LogP) is 6.37. The topological polar surface area (TPSA) is 32.3 Å². The van der Waals surface area contributed by atoms with Crippen molar-refractivity contribution in [1.82, 2.24) is 10.2 Å². The highest BCUT2D eigenvalue weighted by Crippen LogP contribution is 2.38. The third-order valence-corrected chi connectivity index (χ3v) is 6.77. The summed E-state index contributed by atoms with van der Waals surface area (Å²) in [6.07, 6.45) is 3.05. The number of hydrogen-bond donors (Lipinski definition) is 1. The average Bonchev–Trinajstić information content (AvgIpc) is 2.77. The average molecular weight is 451 g/mol. The molecule has 2 aliphatic heterocycles. The van der Waals surface area contributed by atoms with Gasteiger partial charge in [-0.1, -0.05) is 42.3 Å². The van der Waals surface area contributed by atoms with Gasteiger partial charge in [0, 0.05) is 18.6 Å². The molecule has 0 radical (unpaired) electrons. The Hall–Kier alpha value is -2.05. The lowest BCUT2D eigenvalue weighted by molar-refractivity contribution is -0.137. The molecule has 2 aromatic carbocycles. The van der Waals surface area contributed by atoms with Crippen LogP contribution in [0.15, 0.2) is 42.5 Å². The molecule has 2 atom stereocenters. The quantitative estimate of drug-likeness (QED) is 0.587. The Kier molecular flexibility index (Phi) is 6.58.